The summed E-state index contributed by atoms with van der Waals surface area (Å²) in [5, 5.41) is 23.3. The van der Waals surface area contributed by atoms with Gasteiger partial charge in [0.25, 0.3) is 0 Å². The largest absolute Gasteiger partial charge is 0.507 e. The minimum atomic E-state index is 0.0513. The van der Waals surface area contributed by atoms with E-state index in [-0.39, 0.29) is 17.5 Å². The average molecular weight is 277 g/mol. The van der Waals surface area contributed by atoms with Gasteiger partial charge in [0.05, 0.1) is 5.56 Å². The Labute approximate surface area is 119 Å². The lowest BCUT2D eigenvalue weighted by molar-refractivity contribution is 0.00245. The zero-order valence-electron chi connectivity index (χ0n) is 11.9. The summed E-state index contributed by atoms with van der Waals surface area (Å²) >= 11 is 0. The molecule has 5 heteroatoms. The molecule has 2 aliphatic rings. The third kappa shape index (κ3) is 2.49. The molecule has 0 amide bonds. The Morgan fingerprint density at radius 3 is 2.35 bits per heavy atom. The molecule has 5 nitrogen and oxygen atoms in total. The highest BCUT2D eigenvalue weighted by Gasteiger charge is 2.36. The van der Waals surface area contributed by atoms with Crippen LogP contribution < -0.4 is 5.32 Å². The predicted octanol–water partition coefficient (Wildman–Crippen LogP) is 0.748. The van der Waals surface area contributed by atoms with Crippen molar-refractivity contribution in [2.24, 2.45) is 0 Å². The highest BCUT2D eigenvalue weighted by Crippen LogP contribution is 2.37. The molecule has 1 atom stereocenters. The van der Waals surface area contributed by atoms with E-state index < -0.39 is 0 Å². The fourth-order valence-corrected chi connectivity index (χ4v) is 3.23. The SMILES string of the molecule is CC(c1c(O)cccc1O)N1CC(N2CCNCC2)C1. The van der Waals surface area contributed by atoms with Crippen LogP contribution in [-0.2, 0) is 0 Å². The third-order valence-corrected chi connectivity index (χ3v) is 4.58. The quantitative estimate of drug-likeness (QED) is 0.761. The fraction of sp³-hybridized carbons (Fsp3) is 0.600. The van der Waals surface area contributed by atoms with Gasteiger partial charge in [-0.05, 0) is 19.1 Å². The number of nitrogens with one attached hydrogen (secondary N) is 1. The Kier molecular flexibility index (Phi) is 3.83. The molecule has 3 rings (SSSR count). The normalized spacial score (nSPS) is 23.4. The second-order valence-corrected chi connectivity index (χ2v) is 5.78. The van der Waals surface area contributed by atoms with E-state index in [1.54, 1.807) is 18.2 Å². The van der Waals surface area contributed by atoms with E-state index in [2.05, 4.69) is 15.1 Å². The van der Waals surface area contributed by atoms with Gasteiger partial charge in [-0.25, -0.2) is 0 Å². The second kappa shape index (κ2) is 5.60. The molecule has 20 heavy (non-hydrogen) atoms. The molecule has 2 aliphatic heterocycles. The number of hydrogen-bond acceptors (Lipinski definition) is 5. The van der Waals surface area contributed by atoms with E-state index in [0.29, 0.717) is 11.6 Å². The molecular formula is C15H23N3O2. The van der Waals surface area contributed by atoms with Crippen molar-refractivity contribution in [3.63, 3.8) is 0 Å². The number of piperazine rings is 1. The number of aromatic hydroxyl groups is 2. The fourth-order valence-electron chi connectivity index (χ4n) is 3.23. The van der Waals surface area contributed by atoms with Gasteiger partial charge in [-0.15, -0.1) is 0 Å². The van der Waals surface area contributed by atoms with Gasteiger partial charge in [0, 0.05) is 51.4 Å². The number of benzene rings is 1. The standard InChI is InChI=1S/C15H23N3O2/c1-11(15-13(19)3-2-4-14(15)20)18-9-12(10-18)17-7-5-16-6-8-17/h2-4,11-12,16,19-20H,5-10H2,1H3. The maximum absolute atomic E-state index is 9.94. The number of phenolic OH excluding ortho intramolecular Hbond substituents is 2. The molecule has 0 aliphatic carbocycles. The van der Waals surface area contributed by atoms with Crippen molar-refractivity contribution >= 4 is 0 Å². The molecule has 1 aromatic rings. The first-order valence-corrected chi connectivity index (χ1v) is 7.36. The summed E-state index contributed by atoms with van der Waals surface area (Å²) < 4.78 is 0. The Balaban J connectivity index is 1.61. The molecule has 3 N–H and O–H groups in total. The van der Waals surface area contributed by atoms with Gasteiger partial charge in [-0.3, -0.25) is 9.80 Å². The monoisotopic (exact) mass is 277 g/mol. The Morgan fingerprint density at radius 1 is 1.15 bits per heavy atom. The minimum Gasteiger partial charge on any atom is -0.507 e. The zero-order chi connectivity index (χ0) is 14.1. The van der Waals surface area contributed by atoms with Crippen LogP contribution in [-0.4, -0.2) is 65.3 Å². The van der Waals surface area contributed by atoms with Crippen molar-refractivity contribution in [2.75, 3.05) is 39.3 Å². The molecule has 1 unspecified atom stereocenters. The van der Waals surface area contributed by atoms with E-state index >= 15 is 0 Å². The number of phenols is 2. The van der Waals surface area contributed by atoms with Gasteiger partial charge < -0.3 is 15.5 Å². The smallest absolute Gasteiger partial charge is 0.124 e. The van der Waals surface area contributed by atoms with Gasteiger partial charge in [-0.1, -0.05) is 6.07 Å². The van der Waals surface area contributed by atoms with Crippen molar-refractivity contribution in [2.45, 2.75) is 19.0 Å². The van der Waals surface area contributed by atoms with Crippen LogP contribution in [0, 0.1) is 0 Å². The van der Waals surface area contributed by atoms with Crippen molar-refractivity contribution in [1.29, 1.82) is 0 Å². The van der Waals surface area contributed by atoms with E-state index in [9.17, 15) is 10.2 Å². The van der Waals surface area contributed by atoms with Gasteiger partial charge >= 0.3 is 0 Å². The topological polar surface area (TPSA) is 59.0 Å². The molecule has 0 spiro atoms. The molecular weight excluding hydrogens is 254 g/mol. The summed E-state index contributed by atoms with van der Waals surface area (Å²) in [4.78, 5) is 4.84. The number of nitrogens with zero attached hydrogens (tertiary/aromatic N) is 2. The first-order valence-electron chi connectivity index (χ1n) is 7.36. The molecule has 0 bridgehead atoms. The lowest BCUT2D eigenvalue weighted by atomic mass is 9.97. The molecule has 0 saturated carbocycles. The zero-order valence-corrected chi connectivity index (χ0v) is 11.9. The van der Waals surface area contributed by atoms with Crippen molar-refractivity contribution in [3.05, 3.63) is 23.8 Å². The molecule has 0 radical (unpaired) electrons. The molecule has 110 valence electrons. The molecule has 0 aromatic heterocycles. The van der Waals surface area contributed by atoms with Crippen molar-refractivity contribution in [3.8, 4) is 11.5 Å². The lowest BCUT2D eigenvalue weighted by Crippen LogP contribution is -2.62. The van der Waals surface area contributed by atoms with E-state index in [1.165, 1.54) is 0 Å². The maximum atomic E-state index is 9.94. The number of hydrogen-bond donors (Lipinski definition) is 3. The highest BCUT2D eigenvalue weighted by atomic mass is 16.3. The lowest BCUT2D eigenvalue weighted by Gasteiger charge is -2.49. The average Bonchev–Trinajstić information content (AvgIpc) is 2.38. The summed E-state index contributed by atoms with van der Waals surface area (Å²) in [7, 11) is 0. The Hall–Kier alpha value is -1.30. The van der Waals surface area contributed by atoms with Gasteiger partial charge in [0.15, 0.2) is 0 Å². The van der Waals surface area contributed by atoms with Crippen LogP contribution in [0.4, 0.5) is 0 Å². The van der Waals surface area contributed by atoms with Crippen LogP contribution in [0.15, 0.2) is 18.2 Å². The Bertz CT molecular complexity index is 448. The summed E-state index contributed by atoms with van der Waals surface area (Å²) in [6, 6.07) is 5.61. The van der Waals surface area contributed by atoms with Crippen LogP contribution in [0.3, 0.4) is 0 Å². The summed E-state index contributed by atoms with van der Waals surface area (Å²) in [6.07, 6.45) is 0. The first kappa shape index (κ1) is 13.7. The van der Waals surface area contributed by atoms with Crippen LogP contribution in [0.25, 0.3) is 0 Å². The van der Waals surface area contributed by atoms with E-state index in [0.717, 1.165) is 39.3 Å². The third-order valence-electron chi connectivity index (χ3n) is 4.58. The molecule has 2 fully saturated rings. The number of rotatable bonds is 3. The summed E-state index contributed by atoms with van der Waals surface area (Å²) in [5.41, 5.74) is 0.645. The van der Waals surface area contributed by atoms with Gasteiger partial charge in [0.1, 0.15) is 11.5 Å². The van der Waals surface area contributed by atoms with Crippen LogP contribution in [0.5, 0.6) is 11.5 Å². The van der Waals surface area contributed by atoms with Crippen molar-refractivity contribution < 1.29 is 10.2 Å². The Morgan fingerprint density at radius 2 is 1.75 bits per heavy atom. The van der Waals surface area contributed by atoms with Crippen LogP contribution >= 0.6 is 0 Å². The number of likely N-dealkylation sites (tertiary alicyclic amines) is 1. The van der Waals surface area contributed by atoms with Crippen LogP contribution in [0.1, 0.15) is 18.5 Å². The minimum absolute atomic E-state index is 0.0513. The predicted molar refractivity (Wildman–Crippen MR) is 78.0 cm³/mol. The highest BCUT2D eigenvalue weighted by molar-refractivity contribution is 5.45. The molecule has 2 heterocycles. The summed E-state index contributed by atoms with van der Waals surface area (Å²) in [5.74, 6) is 0.367. The van der Waals surface area contributed by atoms with E-state index in [4.69, 9.17) is 0 Å². The van der Waals surface area contributed by atoms with Crippen LogP contribution in [0.2, 0.25) is 0 Å². The van der Waals surface area contributed by atoms with E-state index in [1.807, 2.05) is 6.92 Å². The second-order valence-electron chi connectivity index (χ2n) is 5.78. The van der Waals surface area contributed by atoms with Gasteiger partial charge in [0.2, 0.25) is 0 Å². The summed E-state index contributed by atoms with van der Waals surface area (Å²) in [6.45, 7) is 8.45. The molecule has 2 saturated heterocycles. The van der Waals surface area contributed by atoms with Crippen molar-refractivity contribution in [1.82, 2.24) is 15.1 Å². The van der Waals surface area contributed by atoms with Gasteiger partial charge in [-0.2, -0.15) is 0 Å². The first-order chi connectivity index (χ1) is 9.66. The molecule has 1 aromatic carbocycles. The maximum Gasteiger partial charge on any atom is 0.124 e.